The quantitative estimate of drug-likeness (QED) is 0.340. The van der Waals surface area contributed by atoms with Gasteiger partial charge in [-0.3, -0.25) is 0 Å². The standard InChI is InChI=1S/C20H21NO2S/c1-2-20(22)23-13-15-24-14-7-12-21-18-10-5-3-8-16(18)17-9-4-6-11-19(17)21/h2-6,8-11H,1,7,12-15H2. The molecule has 0 aliphatic carbocycles. The molecule has 3 rings (SSSR count). The maximum absolute atomic E-state index is 11.0. The van der Waals surface area contributed by atoms with Crippen molar-refractivity contribution in [1.29, 1.82) is 0 Å². The van der Waals surface area contributed by atoms with E-state index in [1.807, 2.05) is 11.8 Å². The number of nitrogens with zero attached hydrogens (tertiary/aromatic N) is 1. The largest absolute Gasteiger partial charge is 0.462 e. The summed E-state index contributed by atoms with van der Waals surface area (Å²) in [7, 11) is 0. The van der Waals surface area contributed by atoms with E-state index in [0.717, 1.165) is 24.5 Å². The van der Waals surface area contributed by atoms with Gasteiger partial charge in [0, 0.05) is 40.2 Å². The first-order valence-electron chi connectivity index (χ1n) is 8.14. The second kappa shape index (κ2) is 8.06. The summed E-state index contributed by atoms with van der Waals surface area (Å²) in [6, 6.07) is 17.2. The van der Waals surface area contributed by atoms with Crippen LogP contribution in [-0.2, 0) is 16.1 Å². The third-order valence-corrected chi connectivity index (χ3v) is 5.02. The number of hydrogen-bond donors (Lipinski definition) is 0. The number of carbonyl (C=O) groups is 1. The van der Waals surface area contributed by atoms with Gasteiger partial charge in [-0.2, -0.15) is 11.8 Å². The average molecular weight is 339 g/mol. The zero-order chi connectivity index (χ0) is 16.8. The van der Waals surface area contributed by atoms with Crippen molar-refractivity contribution in [1.82, 2.24) is 4.57 Å². The van der Waals surface area contributed by atoms with Crippen molar-refractivity contribution in [2.24, 2.45) is 0 Å². The summed E-state index contributed by atoms with van der Waals surface area (Å²) >= 11 is 1.81. The van der Waals surface area contributed by atoms with E-state index in [1.165, 1.54) is 27.9 Å². The molecule has 3 aromatic rings. The number of carbonyl (C=O) groups excluding carboxylic acids is 1. The van der Waals surface area contributed by atoms with Crippen LogP contribution < -0.4 is 0 Å². The van der Waals surface area contributed by atoms with Gasteiger partial charge >= 0.3 is 5.97 Å². The Hall–Kier alpha value is -2.20. The maximum atomic E-state index is 11.0. The second-order valence-electron chi connectivity index (χ2n) is 5.52. The van der Waals surface area contributed by atoms with Crippen molar-refractivity contribution in [2.75, 3.05) is 18.1 Å². The third kappa shape index (κ3) is 3.65. The van der Waals surface area contributed by atoms with Crippen molar-refractivity contribution in [3.63, 3.8) is 0 Å². The summed E-state index contributed by atoms with van der Waals surface area (Å²) < 4.78 is 7.38. The Kier molecular flexibility index (Phi) is 5.59. The Bertz CT molecular complexity index is 800. The highest BCUT2D eigenvalue weighted by Crippen LogP contribution is 2.28. The Balaban J connectivity index is 1.59. The van der Waals surface area contributed by atoms with Gasteiger partial charge in [-0.25, -0.2) is 4.79 Å². The molecule has 0 N–H and O–H groups in total. The van der Waals surface area contributed by atoms with Crippen LogP contribution in [0.1, 0.15) is 6.42 Å². The Morgan fingerprint density at radius 2 is 1.67 bits per heavy atom. The number of esters is 1. The molecule has 0 fully saturated rings. The summed E-state index contributed by atoms with van der Waals surface area (Å²) in [6.45, 7) is 4.83. The molecule has 0 atom stereocenters. The second-order valence-corrected chi connectivity index (χ2v) is 6.75. The van der Waals surface area contributed by atoms with Crippen LogP contribution in [0.2, 0.25) is 0 Å². The van der Waals surface area contributed by atoms with Gasteiger partial charge in [-0.15, -0.1) is 0 Å². The molecule has 0 radical (unpaired) electrons. The van der Waals surface area contributed by atoms with Gasteiger partial charge in [0.05, 0.1) is 0 Å². The first kappa shape index (κ1) is 16.7. The van der Waals surface area contributed by atoms with Gasteiger partial charge in [-0.05, 0) is 24.3 Å². The van der Waals surface area contributed by atoms with E-state index in [9.17, 15) is 4.79 Å². The van der Waals surface area contributed by atoms with Crippen molar-refractivity contribution in [3.8, 4) is 0 Å². The third-order valence-electron chi connectivity index (χ3n) is 3.99. The SMILES string of the molecule is C=CC(=O)OCCSCCCn1c2ccccc2c2ccccc21. The van der Waals surface area contributed by atoms with E-state index in [4.69, 9.17) is 4.74 Å². The van der Waals surface area contributed by atoms with Gasteiger partial charge in [0.1, 0.15) is 6.61 Å². The summed E-state index contributed by atoms with van der Waals surface area (Å²) in [5, 5.41) is 2.63. The maximum Gasteiger partial charge on any atom is 0.330 e. The lowest BCUT2D eigenvalue weighted by Crippen LogP contribution is -2.04. The smallest absolute Gasteiger partial charge is 0.330 e. The van der Waals surface area contributed by atoms with Crippen molar-refractivity contribution in [2.45, 2.75) is 13.0 Å². The predicted octanol–water partition coefficient (Wildman–Crippen LogP) is 4.65. The summed E-state index contributed by atoms with van der Waals surface area (Å²) in [6.07, 6.45) is 2.29. The Morgan fingerprint density at radius 3 is 2.29 bits per heavy atom. The number of benzene rings is 2. The molecule has 0 aliphatic rings. The van der Waals surface area contributed by atoms with Crippen molar-refractivity contribution < 1.29 is 9.53 Å². The zero-order valence-electron chi connectivity index (χ0n) is 13.6. The van der Waals surface area contributed by atoms with E-state index in [1.54, 1.807) is 0 Å². The molecule has 0 amide bonds. The van der Waals surface area contributed by atoms with Crippen LogP contribution in [0.25, 0.3) is 21.8 Å². The number of aromatic nitrogens is 1. The lowest BCUT2D eigenvalue weighted by molar-refractivity contribution is -0.137. The van der Waals surface area contributed by atoms with Crippen LogP contribution in [-0.4, -0.2) is 28.6 Å². The molecule has 0 bridgehead atoms. The molecule has 0 spiro atoms. The molecule has 0 aliphatic heterocycles. The number of thioether (sulfide) groups is 1. The Labute approximate surface area is 146 Å². The van der Waals surface area contributed by atoms with Gasteiger partial charge in [0.25, 0.3) is 0 Å². The summed E-state index contributed by atoms with van der Waals surface area (Å²) in [5.41, 5.74) is 2.59. The van der Waals surface area contributed by atoms with Crippen LogP contribution in [0.4, 0.5) is 0 Å². The molecule has 2 aromatic carbocycles. The molecule has 0 saturated carbocycles. The molecule has 124 valence electrons. The van der Waals surface area contributed by atoms with Gasteiger partial charge in [-0.1, -0.05) is 43.0 Å². The molecular formula is C20H21NO2S. The van der Waals surface area contributed by atoms with Gasteiger partial charge < -0.3 is 9.30 Å². The van der Waals surface area contributed by atoms with Gasteiger partial charge in [0.2, 0.25) is 0 Å². The highest BCUT2D eigenvalue weighted by atomic mass is 32.2. The minimum atomic E-state index is -0.346. The van der Waals surface area contributed by atoms with E-state index in [0.29, 0.717) is 6.61 Å². The van der Waals surface area contributed by atoms with E-state index < -0.39 is 0 Å². The van der Waals surface area contributed by atoms with E-state index in [2.05, 4.69) is 59.7 Å². The fourth-order valence-electron chi connectivity index (χ4n) is 2.93. The predicted molar refractivity (Wildman–Crippen MR) is 103 cm³/mol. The highest BCUT2D eigenvalue weighted by Gasteiger charge is 2.08. The lowest BCUT2D eigenvalue weighted by Gasteiger charge is -2.07. The lowest BCUT2D eigenvalue weighted by atomic mass is 10.2. The molecule has 1 aromatic heterocycles. The topological polar surface area (TPSA) is 31.2 Å². The molecular weight excluding hydrogens is 318 g/mol. The fourth-order valence-corrected chi connectivity index (χ4v) is 3.67. The molecule has 4 heteroatoms. The zero-order valence-corrected chi connectivity index (χ0v) is 14.4. The van der Waals surface area contributed by atoms with Crippen LogP contribution in [0, 0.1) is 0 Å². The number of ether oxygens (including phenoxy) is 1. The highest BCUT2D eigenvalue weighted by molar-refractivity contribution is 7.99. The average Bonchev–Trinajstić information content (AvgIpc) is 2.95. The van der Waals surface area contributed by atoms with Gasteiger partial charge in [0.15, 0.2) is 0 Å². The summed E-state index contributed by atoms with van der Waals surface area (Å²) in [4.78, 5) is 11.0. The van der Waals surface area contributed by atoms with Crippen LogP contribution >= 0.6 is 11.8 Å². The number of para-hydroxylation sites is 2. The fraction of sp³-hybridized carbons (Fsp3) is 0.250. The molecule has 0 saturated heterocycles. The monoisotopic (exact) mass is 339 g/mol. The number of hydrogen-bond acceptors (Lipinski definition) is 3. The number of rotatable bonds is 8. The summed E-state index contributed by atoms with van der Waals surface area (Å²) in [5.74, 6) is 1.53. The minimum absolute atomic E-state index is 0.346. The van der Waals surface area contributed by atoms with Crippen LogP contribution in [0.5, 0.6) is 0 Å². The first-order valence-corrected chi connectivity index (χ1v) is 9.29. The number of fused-ring (bicyclic) bond motifs is 3. The van der Waals surface area contributed by atoms with E-state index in [-0.39, 0.29) is 5.97 Å². The molecule has 24 heavy (non-hydrogen) atoms. The minimum Gasteiger partial charge on any atom is -0.462 e. The molecule has 3 nitrogen and oxygen atoms in total. The van der Waals surface area contributed by atoms with Crippen molar-refractivity contribution >= 4 is 39.5 Å². The molecule has 1 heterocycles. The van der Waals surface area contributed by atoms with Crippen LogP contribution in [0.3, 0.4) is 0 Å². The first-order chi connectivity index (χ1) is 11.8. The van der Waals surface area contributed by atoms with Crippen LogP contribution in [0.15, 0.2) is 61.2 Å². The normalized spacial score (nSPS) is 11.0. The molecule has 0 unspecified atom stereocenters. The number of aryl methyl sites for hydroxylation is 1. The Morgan fingerprint density at radius 1 is 1.04 bits per heavy atom. The van der Waals surface area contributed by atoms with E-state index >= 15 is 0 Å². The van der Waals surface area contributed by atoms with Crippen molar-refractivity contribution in [3.05, 3.63) is 61.2 Å².